The second kappa shape index (κ2) is 12.2. The van der Waals surface area contributed by atoms with Gasteiger partial charge in [0.05, 0.1) is 18.7 Å². The summed E-state index contributed by atoms with van der Waals surface area (Å²) >= 11 is 0. The maximum atomic E-state index is 12.3. The number of nitrogens with one attached hydrogen (secondary N) is 4. The molecule has 0 fully saturated rings. The van der Waals surface area contributed by atoms with Gasteiger partial charge in [-0.1, -0.05) is 24.3 Å². The van der Waals surface area contributed by atoms with Gasteiger partial charge in [0.25, 0.3) is 11.8 Å². The van der Waals surface area contributed by atoms with Crippen molar-refractivity contribution in [2.24, 2.45) is 0 Å². The van der Waals surface area contributed by atoms with Crippen LogP contribution in [-0.2, 0) is 9.59 Å². The van der Waals surface area contributed by atoms with Gasteiger partial charge in [-0.2, -0.15) is 5.26 Å². The number of carbonyl (C=O) groups is 3. The van der Waals surface area contributed by atoms with Crippen molar-refractivity contribution in [2.75, 3.05) is 18.4 Å². The van der Waals surface area contributed by atoms with Gasteiger partial charge in [0.2, 0.25) is 5.91 Å². The van der Waals surface area contributed by atoms with Crippen molar-refractivity contribution in [1.29, 1.82) is 5.26 Å². The topological polar surface area (TPSA) is 164 Å². The van der Waals surface area contributed by atoms with Crippen LogP contribution in [0.15, 0.2) is 48.5 Å². The Morgan fingerprint density at radius 2 is 1.62 bits per heavy atom. The molecule has 168 valence electrons. The molecule has 0 aliphatic heterocycles. The second-order valence-corrected chi connectivity index (χ2v) is 6.96. The van der Waals surface area contributed by atoms with E-state index in [1.54, 1.807) is 36.4 Å². The molecule has 0 saturated heterocycles. The molecule has 3 amide bonds. The van der Waals surface area contributed by atoms with Crippen molar-refractivity contribution in [2.45, 2.75) is 25.5 Å². The Morgan fingerprint density at radius 1 is 1.03 bits per heavy atom. The molecule has 2 atom stereocenters. The number of nitriles is 1. The number of rotatable bonds is 10. The van der Waals surface area contributed by atoms with Crippen LogP contribution in [0.3, 0.4) is 0 Å². The smallest absolute Gasteiger partial charge is 0.268 e. The van der Waals surface area contributed by atoms with Crippen molar-refractivity contribution in [3.63, 3.8) is 0 Å². The third kappa shape index (κ3) is 7.17. The van der Waals surface area contributed by atoms with Gasteiger partial charge in [0, 0.05) is 24.2 Å². The molecule has 0 bridgehead atoms. The van der Waals surface area contributed by atoms with Gasteiger partial charge in [-0.3, -0.25) is 19.6 Å². The fraction of sp³-hybridized carbons (Fsp3) is 0.273. The molecule has 2 aromatic rings. The summed E-state index contributed by atoms with van der Waals surface area (Å²) < 4.78 is 0. The fourth-order valence-corrected chi connectivity index (χ4v) is 2.81. The lowest BCUT2D eigenvalue weighted by Crippen LogP contribution is -2.51. The van der Waals surface area contributed by atoms with Gasteiger partial charge < -0.3 is 21.1 Å². The number of hydrogen-bond acceptors (Lipinski definition) is 7. The van der Waals surface area contributed by atoms with Crippen LogP contribution in [0.5, 0.6) is 0 Å². The first-order valence-corrected chi connectivity index (χ1v) is 9.86. The van der Waals surface area contributed by atoms with E-state index >= 15 is 0 Å². The van der Waals surface area contributed by atoms with Crippen LogP contribution in [0, 0.1) is 11.3 Å². The molecular formula is C22H25N5O5. The maximum Gasteiger partial charge on any atom is 0.268 e. The van der Waals surface area contributed by atoms with Crippen molar-refractivity contribution in [3.05, 3.63) is 54.1 Å². The first-order chi connectivity index (χ1) is 15.3. The highest BCUT2D eigenvalue weighted by Gasteiger charge is 2.25. The summed E-state index contributed by atoms with van der Waals surface area (Å²) in [5.74, 6) is -1.71. The zero-order valence-corrected chi connectivity index (χ0v) is 17.5. The van der Waals surface area contributed by atoms with Crippen molar-refractivity contribution in [3.8, 4) is 17.2 Å². The fourth-order valence-electron chi connectivity index (χ4n) is 2.81. The third-order valence-corrected chi connectivity index (χ3v) is 4.51. The van der Waals surface area contributed by atoms with Crippen LogP contribution in [0.1, 0.15) is 23.7 Å². The van der Waals surface area contributed by atoms with E-state index in [1.807, 2.05) is 18.2 Å². The Hall–Kier alpha value is -3.78. The highest BCUT2D eigenvalue weighted by atomic mass is 16.5. The molecule has 0 heterocycles. The number of nitrogens with zero attached hydrogens (tertiary/aromatic N) is 1. The van der Waals surface area contributed by atoms with Gasteiger partial charge in [-0.05, 0) is 42.3 Å². The summed E-state index contributed by atoms with van der Waals surface area (Å²) in [4.78, 5) is 35.8. The van der Waals surface area contributed by atoms with Gasteiger partial charge in [0.15, 0.2) is 0 Å². The van der Waals surface area contributed by atoms with Crippen molar-refractivity contribution < 1.29 is 24.7 Å². The van der Waals surface area contributed by atoms with Crippen LogP contribution >= 0.6 is 0 Å². The van der Waals surface area contributed by atoms with Crippen LogP contribution < -0.4 is 21.4 Å². The van der Waals surface area contributed by atoms with E-state index in [9.17, 15) is 19.5 Å². The summed E-state index contributed by atoms with van der Waals surface area (Å²) in [5, 5.41) is 34.8. The second-order valence-electron chi connectivity index (χ2n) is 6.96. The molecular weight excluding hydrogens is 414 g/mol. The predicted octanol–water partition coefficient (Wildman–Crippen LogP) is 0.780. The highest BCUT2D eigenvalue weighted by molar-refractivity contribution is 5.98. The number of aliphatic hydroxyl groups is 1. The maximum absolute atomic E-state index is 12.3. The molecule has 6 N–H and O–H groups in total. The van der Waals surface area contributed by atoms with Crippen molar-refractivity contribution in [1.82, 2.24) is 16.1 Å². The molecule has 2 rings (SSSR count). The highest BCUT2D eigenvalue weighted by Crippen LogP contribution is 2.22. The first kappa shape index (κ1) is 24.5. The van der Waals surface area contributed by atoms with Crippen LogP contribution in [-0.4, -0.2) is 53.3 Å². The van der Waals surface area contributed by atoms with Gasteiger partial charge in [-0.15, -0.1) is 0 Å². The minimum absolute atomic E-state index is 0.114. The zero-order valence-electron chi connectivity index (χ0n) is 17.5. The van der Waals surface area contributed by atoms with E-state index in [0.29, 0.717) is 18.7 Å². The van der Waals surface area contributed by atoms with Crippen molar-refractivity contribution >= 4 is 23.4 Å². The molecule has 32 heavy (non-hydrogen) atoms. The Balaban J connectivity index is 1.97. The quantitative estimate of drug-likeness (QED) is 0.181. The molecule has 2 aromatic carbocycles. The molecule has 0 unspecified atom stereocenters. The summed E-state index contributed by atoms with van der Waals surface area (Å²) in [5.41, 5.74) is 4.01. The van der Waals surface area contributed by atoms with Crippen LogP contribution in [0.25, 0.3) is 11.1 Å². The number of amides is 3. The average molecular weight is 439 g/mol. The normalized spacial score (nSPS) is 12.2. The molecule has 0 aromatic heterocycles. The summed E-state index contributed by atoms with van der Waals surface area (Å²) in [7, 11) is 0. The molecule has 0 aliphatic carbocycles. The van der Waals surface area contributed by atoms with Gasteiger partial charge in [-0.25, -0.2) is 5.48 Å². The lowest BCUT2D eigenvalue weighted by molar-refractivity contribution is -0.133. The summed E-state index contributed by atoms with van der Waals surface area (Å²) in [6.07, 6.45) is -0.862. The Labute approximate surface area is 185 Å². The molecule has 0 spiro atoms. The monoisotopic (exact) mass is 439 g/mol. The number of carbonyl (C=O) groups excluding carboxylic acids is 3. The number of anilines is 1. The van der Waals surface area contributed by atoms with E-state index in [-0.39, 0.29) is 18.0 Å². The van der Waals surface area contributed by atoms with E-state index in [2.05, 4.69) is 16.0 Å². The Morgan fingerprint density at radius 3 is 2.16 bits per heavy atom. The molecule has 0 radical (unpaired) electrons. The molecule has 0 aliphatic rings. The third-order valence-electron chi connectivity index (χ3n) is 4.51. The van der Waals surface area contributed by atoms with E-state index < -0.39 is 24.0 Å². The van der Waals surface area contributed by atoms with Gasteiger partial charge >= 0.3 is 0 Å². The van der Waals surface area contributed by atoms with E-state index in [1.165, 1.54) is 12.4 Å². The van der Waals surface area contributed by atoms with E-state index in [0.717, 1.165) is 11.1 Å². The largest absolute Gasteiger partial charge is 0.391 e. The van der Waals surface area contributed by atoms with Crippen LogP contribution in [0.2, 0.25) is 0 Å². The molecule has 10 nitrogen and oxygen atoms in total. The summed E-state index contributed by atoms with van der Waals surface area (Å²) in [6.45, 7) is 1.88. The standard InChI is InChI=1S/C22H25N5O5/c1-14(28)20(22(31)27-32)26-21(30)17-5-3-15(4-6-17)16-7-9-18(10-8-16)25-19(29)13-24-12-2-11-23/h3-10,14,20,24,28,32H,2,12-13H2,1H3,(H,25,29)(H,26,30)(H,27,31)/t14-,20+/m1/s1. The lowest BCUT2D eigenvalue weighted by atomic mass is 10.0. The minimum Gasteiger partial charge on any atom is -0.391 e. The minimum atomic E-state index is -1.29. The molecule has 10 heteroatoms. The lowest BCUT2D eigenvalue weighted by Gasteiger charge is -2.19. The summed E-state index contributed by atoms with van der Waals surface area (Å²) in [6, 6.07) is 14.4. The van der Waals surface area contributed by atoms with E-state index in [4.69, 9.17) is 10.5 Å². The SMILES string of the molecule is C[C@@H](O)[C@H](NC(=O)c1ccc(-c2ccc(NC(=O)CNCCC#N)cc2)cc1)C(=O)NO. The average Bonchev–Trinajstić information content (AvgIpc) is 2.80. The van der Waals surface area contributed by atoms with Crippen LogP contribution in [0.4, 0.5) is 5.69 Å². The van der Waals surface area contributed by atoms with Gasteiger partial charge in [0.1, 0.15) is 6.04 Å². The molecule has 0 saturated carbocycles. The number of hydrogen-bond donors (Lipinski definition) is 6. The Kier molecular flexibility index (Phi) is 9.31. The predicted molar refractivity (Wildman–Crippen MR) is 116 cm³/mol. The Bertz CT molecular complexity index is 968. The zero-order chi connectivity index (χ0) is 23.5. The first-order valence-electron chi connectivity index (χ1n) is 9.86. The number of hydroxylamine groups is 1. The number of benzene rings is 2. The number of aliphatic hydroxyl groups excluding tert-OH is 1.